The van der Waals surface area contributed by atoms with Gasteiger partial charge in [0.1, 0.15) is 0 Å². The van der Waals surface area contributed by atoms with Gasteiger partial charge in [-0.05, 0) is 32.5 Å². The smallest absolute Gasteiger partial charge is 0.0765 e. The molecule has 4 nitrogen and oxygen atoms in total. The molecule has 1 aromatic rings. The van der Waals surface area contributed by atoms with Crippen LogP contribution in [0.4, 0.5) is 0 Å². The fourth-order valence-electron chi connectivity index (χ4n) is 3.41. The van der Waals surface area contributed by atoms with Gasteiger partial charge in [-0.1, -0.05) is 25.7 Å². The van der Waals surface area contributed by atoms with Gasteiger partial charge in [0.2, 0.25) is 0 Å². The van der Waals surface area contributed by atoms with Crippen molar-refractivity contribution >= 4 is 0 Å². The highest BCUT2D eigenvalue weighted by Crippen LogP contribution is 2.35. The molecule has 1 aromatic heterocycles. The Morgan fingerprint density at radius 1 is 1.32 bits per heavy atom. The number of hydrogen-bond acceptors (Lipinski definition) is 3. The SMILES string of the molecule is CN(C)C1(C(O)Cc2cnn(C)c2)CCCCCC1. The molecule has 0 aromatic carbocycles. The Morgan fingerprint density at radius 3 is 2.42 bits per heavy atom. The van der Waals surface area contributed by atoms with Crippen LogP contribution in [0, 0.1) is 0 Å². The summed E-state index contributed by atoms with van der Waals surface area (Å²) in [5, 5.41) is 15.0. The van der Waals surface area contributed by atoms with Crippen molar-refractivity contribution in [1.29, 1.82) is 0 Å². The Bertz CT molecular complexity index is 392. The van der Waals surface area contributed by atoms with Gasteiger partial charge >= 0.3 is 0 Å². The van der Waals surface area contributed by atoms with E-state index in [0.29, 0.717) is 6.42 Å². The van der Waals surface area contributed by atoms with Gasteiger partial charge < -0.3 is 10.0 Å². The van der Waals surface area contributed by atoms with E-state index >= 15 is 0 Å². The molecule has 2 rings (SSSR count). The summed E-state index contributed by atoms with van der Waals surface area (Å²) in [4.78, 5) is 2.25. The van der Waals surface area contributed by atoms with Gasteiger partial charge in [-0.3, -0.25) is 4.68 Å². The van der Waals surface area contributed by atoms with Crippen molar-refractivity contribution < 1.29 is 5.11 Å². The number of hydrogen-bond donors (Lipinski definition) is 1. The highest BCUT2D eigenvalue weighted by Gasteiger charge is 2.40. The molecule has 0 aliphatic heterocycles. The lowest BCUT2D eigenvalue weighted by Crippen LogP contribution is -2.54. The molecule has 0 saturated heterocycles. The van der Waals surface area contributed by atoms with Crippen molar-refractivity contribution in [3.63, 3.8) is 0 Å². The maximum Gasteiger partial charge on any atom is 0.0765 e. The first-order valence-corrected chi connectivity index (χ1v) is 7.37. The fourth-order valence-corrected chi connectivity index (χ4v) is 3.41. The van der Waals surface area contributed by atoms with Gasteiger partial charge in [-0.2, -0.15) is 5.10 Å². The maximum absolute atomic E-state index is 10.8. The molecule has 1 unspecified atom stereocenters. The summed E-state index contributed by atoms with van der Waals surface area (Å²) in [5.74, 6) is 0. The first-order valence-electron chi connectivity index (χ1n) is 7.37. The highest BCUT2D eigenvalue weighted by atomic mass is 16.3. The van der Waals surface area contributed by atoms with Crippen molar-refractivity contribution in [2.24, 2.45) is 7.05 Å². The molecule has 0 bridgehead atoms. The van der Waals surface area contributed by atoms with E-state index in [4.69, 9.17) is 0 Å². The van der Waals surface area contributed by atoms with Gasteiger partial charge in [-0.25, -0.2) is 0 Å². The van der Waals surface area contributed by atoms with Crippen LogP contribution in [0.25, 0.3) is 0 Å². The lowest BCUT2D eigenvalue weighted by molar-refractivity contribution is -0.0174. The van der Waals surface area contributed by atoms with Crippen LogP contribution in [0.1, 0.15) is 44.1 Å². The third-order valence-electron chi connectivity index (χ3n) is 4.67. The van der Waals surface area contributed by atoms with Crippen molar-refractivity contribution in [3.05, 3.63) is 18.0 Å². The van der Waals surface area contributed by atoms with Gasteiger partial charge in [0.05, 0.1) is 12.3 Å². The lowest BCUT2D eigenvalue weighted by Gasteiger charge is -2.43. The van der Waals surface area contributed by atoms with Crippen molar-refractivity contribution in [1.82, 2.24) is 14.7 Å². The molecule has 0 radical (unpaired) electrons. The predicted octanol–water partition coefficient (Wildman–Crippen LogP) is 1.98. The molecule has 4 heteroatoms. The number of nitrogens with zero attached hydrogens (tertiary/aromatic N) is 3. The molecule has 1 fully saturated rings. The van der Waals surface area contributed by atoms with E-state index < -0.39 is 0 Å². The number of aryl methyl sites for hydroxylation is 1. The molecule has 19 heavy (non-hydrogen) atoms. The third kappa shape index (κ3) is 3.18. The summed E-state index contributed by atoms with van der Waals surface area (Å²) >= 11 is 0. The number of aliphatic hydroxyl groups is 1. The van der Waals surface area contributed by atoms with E-state index in [-0.39, 0.29) is 11.6 Å². The Morgan fingerprint density at radius 2 is 1.95 bits per heavy atom. The Balaban J connectivity index is 2.13. The Labute approximate surface area is 116 Å². The number of aliphatic hydroxyl groups excluding tert-OH is 1. The van der Waals surface area contributed by atoms with Gasteiger partial charge in [0.25, 0.3) is 0 Å². The first kappa shape index (κ1) is 14.5. The summed E-state index contributed by atoms with van der Waals surface area (Å²) in [7, 11) is 6.14. The van der Waals surface area contributed by atoms with Gasteiger partial charge in [0.15, 0.2) is 0 Å². The molecule has 1 saturated carbocycles. The first-order chi connectivity index (χ1) is 9.04. The number of rotatable bonds is 4. The standard InChI is InChI=1S/C15H27N3O/c1-17(2)15(8-6-4-5-7-9-15)14(19)10-13-11-16-18(3)12-13/h11-12,14,19H,4-10H2,1-3H3. The van der Waals surface area contributed by atoms with Crippen molar-refractivity contribution in [3.8, 4) is 0 Å². The molecule has 108 valence electrons. The number of aromatic nitrogens is 2. The normalized spacial score (nSPS) is 21.3. The van der Waals surface area contributed by atoms with E-state index in [1.165, 1.54) is 25.7 Å². The van der Waals surface area contributed by atoms with Crippen molar-refractivity contribution in [2.45, 2.75) is 56.6 Å². The summed E-state index contributed by atoms with van der Waals surface area (Å²) in [5.41, 5.74) is 1.06. The summed E-state index contributed by atoms with van der Waals surface area (Å²) in [6, 6.07) is 0. The van der Waals surface area contributed by atoms with Gasteiger partial charge in [0, 0.05) is 25.2 Å². The molecule has 1 heterocycles. The van der Waals surface area contributed by atoms with Crippen LogP contribution in [0.3, 0.4) is 0 Å². The second kappa shape index (κ2) is 6.06. The molecule has 1 aliphatic carbocycles. The average Bonchev–Trinajstić information content (AvgIpc) is 2.65. The van der Waals surface area contributed by atoms with Gasteiger partial charge in [-0.15, -0.1) is 0 Å². The van der Waals surface area contributed by atoms with E-state index in [1.54, 1.807) is 4.68 Å². The Hall–Kier alpha value is -0.870. The predicted molar refractivity (Wildman–Crippen MR) is 77.0 cm³/mol. The zero-order valence-electron chi connectivity index (χ0n) is 12.5. The fraction of sp³-hybridized carbons (Fsp3) is 0.800. The summed E-state index contributed by atoms with van der Waals surface area (Å²) in [6.45, 7) is 0. The summed E-state index contributed by atoms with van der Waals surface area (Å²) in [6.07, 6.45) is 11.5. The Kier molecular flexibility index (Phi) is 4.63. The molecule has 0 amide bonds. The van der Waals surface area contributed by atoms with E-state index in [9.17, 15) is 5.11 Å². The minimum Gasteiger partial charge on any atom is -0.391 e. The average molecular weight is 265 g/mol. The van der Waals surface area contributed by atoms with Crippen LogP contribution in [-0.2, 0) is 13.5 Å². The van der Waals surface area contributed by atoms with Crippen LogP contribution >= 0.6 is 0 Å². The third-order valence-corrected chi connectivity index (χ3v) is 4.67. The molecule has 1 atom stereocenters. The summed E-state index contributed by atoms with van der Waals surface area (Å²) < 4.78 is 1.80. The topological polar surface area (TPSA) is 41.3 Å². The van der Waals surface area contributed by atoms with Crippen LogP contribution in [0.5, 0.6) is 0 Å². The zero-order valence-corrected chi connectivity index (χ0v) is 12.5. The van der Waals surface area contributed by atoms with Crippen LogP contribution in [-0.4, -0.2) is 45.5 Å². The molecular formula is C15H27N3O. The minimum absolute atomic E-state index is 0.0632. The molecular weight excluding hydrogens is 238 g/mol. The largest absolute Gasteiger partial charge is 0.391 e. The van der Waals surface area contributed by atoms with E-state index in [0.717, 1.165) is 18.4 Å². The molecule has 0 spiro atoms. The highest BCUT2D eigenvalue weighted by molar-refractivity contribution is 5.09. The monoisotopic (exact) mass is 265 g/mol. The molecule has 1 N–H and O–H groups in total. The zero-order chi connectivity index (χ0) is 13.9. The van der Waals surface area contributed by atoms with E-state index in [1.807, 2.05) is 19.4 Å². The number of likely N-dealkylation sites (N-methyl/N-ethyl adjacent to an activating group) is 1. The van der Waals surface area contributed by atoms with Crippen molar-refractivity contribution in [2.75, 3.05) is 14.1 Å². The minimum atomic E-state index is -0.315. The maximum atomic E-state index is 10.8. The van der Waals surface area contributed by atoms with E-state index in [2.05, 4.69) is 24.1 Å². The lowest BCUT2D eigenvalue weighted by atomic mass is 9.81. The second-order valence-corrected chi connectivity index (χ2v) is 6.15. The second-order valence-electron chi connectivity index (χ2n) is 6.15. The quantitative estimate of drug-likeness (QED) is 0.846. The molecule has 1 aliphatic rings. The van der Waals surface area contributed by atoms with Crippen LogP contribution in [0.2, 0.25) is 0 Å². The van der Waals surface area contributed by atoms with Crippen LogP contribution < -0.4 is 0 Å². The van der Waals surface area contributed by atoms with Crippen LogP contribution in [0.15, 0.2) is 12.4 Å².